The van der Waals surface area contributed by atoms with E-state index in [9.17, 15) is 10.1 Å². The molecule has 88 valence electrons. The molecule has 0 amide bonds. The Morgan fingerprint density at radius 3 is 2.62 bits per heavy atom. The molecule has 0 spiro atoms. The molecule has 0 saturated carbocycles. The van der Waals surface area contributed by atoms with Crippen LogP contribution in [0, 0.1) is 17.0 Å². The van der Waals surface area contributed by atoms with Gasteiger partial charge >= 0.3 is 0 Å². The third-order valence-corrected chi connectivity index (χ3v) is 2.61. The van der Waals surface area contributed by atoms with Gasteiger partial charge in [-0.1, -0.05) is 19.9 Å². The van der Waals surface area contributed by atoms with Gasteiger partial charge in [0.15, 0.2) is 0 Å². The van der Waals surface area contributed by atoms with Gasteiger partial charge in [0.25, 0.3) is 5.69 Å². The maximum Gasteiger partial charge on any atom is 0.269 e. The van der Waals surface area contributed by atoms with Gasteiger partial charge in [0, 0.05) is 17.5 Å². The average Bonchev–Trinajstić information content (AvgIpc) is 2.17. The number of non-ortho nitro benzene ring substituents is 1. The maximum atomic E-state index is 10.7. The van der Waals surface area contributed by atoms with E-state index < -0.39 is 4.92 Å². The third kappa shape index (κ3) is 2.56. The van der Waals surface area contributed by atoms with E-state index in [1.165, 1.54) is 6.07 Å². The zero-order chi connectivity index (χ0) is 12.3. The highest BCUT2D eigenvalue weighted by atomic mass is 16.6. The van der Waals surface area contributed by atoms with Crippen molar-refractivity contribution in [1.82, 2.24) is 0 Å². The lowest BCUT2D eigenvalue weighted by atomic mass is 9.82. The van der Waals surface area contributed by atoms with E-state index in [2.05, 4.69) is 4.84 Å². The predicted molar refractivity (Wildman–Crippen MR) is 61.0 cm³/mol. The second-order valence-electron chi connectivity index (χ2n) is 4.45. The van der Waals surface area contributed by atoms with Gasteiger partial charge in [-0.2, -0.15) is 0 Å². The van der Waals surface area contributed by atoms with Crippen LogP contribution in [0.5, 0.6) is 0 Å². The average molecular weight is 224 g/mol. The molecule has 0 radical (unpaired) electrons. The molecule has 0 aromatic heterocycles. The van der Waals surface area contributed by atoms with Crippen LogP contribution in [0.1, 0.15) is 25.0 Å². The fourth-order valence-corrected chi connectivity index (χ4v) is 1.74. The van der Waals surface area contributed by atoms with E-state index in [1.807, 2.05) is 20.8 Å². The molecular weight excluding hydrogens is 208 g/mol. The number of nitro benzene ring substituents is 1. The van der Waals surface area contributed by atoms with Gasteiger partial charge in [0.2, 0.25) is 0 Å². The van der Waals surface area contributed by atoms with Crippen molar-refractivity contribution >= 4 is 5.69 Å². The number of hydrogen-bond acceptors (Lipinski definition) is 4. The number of aryl methyl sites for hydroxylation is 1. The molecule has 5 heteroatoms. The van der Waals surface area contributed by atoms with E-state index in [-0.39, 0.29) is 11.1 Å². The highest BCUT2D eigenvalue weighted by Gasteiger charge is 2.24. The van der Waals surface area contributed by atoms with Crippen molar-refractivity contribution in [3.63, 3.8) is 0 Å². The quantitative estimate of drug-likeness (QED) is 0.627. The molecule has 0 fully saturated rings. The molecule has 5 nitrogen and oxygen atoms in total. The fourth-order valence-electron chi connectivity index (χ4n) is 1.74. The first-order chi connectivity index (χ1) is 7.38. The lowest BCUT2D eigenvalue weighted by Gasteiger charge is -2.25. The predicted octanol–water partition coefficient (Wildman–Crippen LogP) is 2.07. The first-order valence-corrected chi connectivity index (χ1v) is 4.95. The molecule has 1 aromatic rings. The van der Waals surface area contributed by atoms with Crippen LogP contribution in [0.3, 0.4) is 0 Å². The molecular formula is C11H16N2O3. The molecule has 0 bridgehead atoms. The lowest BCUT2D eigenvalue weighted by molar-refractivity contribution is -0.385. The highest BCUT2D eigenvalue weighted by molar-refractivity contribution is 5.42. The number of nitrogens with zero attached hydrogens (tertiary/aromatic N) is 1. The van der Waals surface area contributed by atoms with Gasteiger partial charge in [-0.05, 0) is 18.1 Å². The van der Waals surface area contributed by atoms with Gasteiger partial charge < -0.3 is 4.84 Å². The van der Waals surface area contributed by atoms with Crippen LogP contribution >= 0.6 is 0 Å². The molecule has 0 atom stereocenters. The summed E-state index contributed by atoms with van der Waals surface area (Å²) in [5, 5.41) is 10.7. The van der Waals surface area contributed by atoms with E-state index >= 15 is 0 Å². The van der Waals surface area contributed by atoms with Crippen LogP contribution < -0.4 is 5.90 Å². The van der Waals surface area contributed by atoms with Gasteiger partial charge in [-0.3, -0.25) is 10.1 Å². The Morgan fingerprint density at radius 1 is 1.50 bits per heavy atom. The van der Waals surface area contributed by atoms with Crippen molar-refractivity contribution in [2.45, 2.75) is 26.2 Å². The van der Waals surface area contributed by atoms with E-state index in [0.29, 0.717) is 6.61 Å². The van der Waals surface area contributed by atoms with Crippen LogP contribution in [0.2, 0.25) is 0 Å². The molecule has 0 aliphatic heterocycles. The summed E-state index contributed by atoms with van der Waals surface area (Å²) in [5.41, 5.74) is 1.62. The fraction of sp³-hybridized carbons (Fsp3) is 0.455. The second kappa shape index (κ2) is 4.59. The SMILES string of the molecule is Cc1ccc([N+](=O)[O-])cc1C(C)(C)CON. The topological polar surface area (TPSA) is 78.4 Å². The van der Waals surface area contributed by atoms with E-state index in [1.54, 1.807) is 12.1 Å². The molecule has 0 saturated heterocycles. The largest absolute Gasteiger partial charge is 0.304 e. The van der Waals surface area contributed by atoms with Crippen molar-refractivity contribution in [2.75, 3.05) is 6.61 Å². The first kappa shape index (κ1) is 12.6. The van der Waals surface area contributed by atoms with Gasteiger partial charge in [0.05, 0.1) is 11.5 Å². The minimum absolute atomic E-state index is 0.0886. The Kier molecular flexibility index (Phi) is 3.62. The molecule has 0 heterocycles. The van der Waals surface area contributed by atoms with E-state index in [0.717, 1.165) is 11.1 Å². The minimum Gasteiger partial charge on any atom is -0.304 e. The number of nitro groups is 1. The van der Waals surface area contributed by atoms with Crippen LogP contribution in [-0.4, -0.2) is 11.5 Å². The molecule has 0 aliphatic rings. The normalized spacial score (nSPS) is 11.5. The Labute approximate surface area is 94.3 Å². The minimum atomic E-state index is -0.400. The van der Waals surface area contributed by atoms with Crippen LogP contribution in [0.15, 0.2) is 18.2 Å². The molecule has 2 N–H and O–H groups in total. The van der Waals surface area contributed by atoms with Crippen molar-refractivity contribution in [2.24, 2.45) is 5.90 Å². The summed E-state index contributed by atoms with van der Waals surface area (Å²) in [5.74, 6) is 5.07. The van der Waals surface area contributed by atoms with Gasteiger partial charge in [-0.25, -0.2) is 5.90 Å². The van der Waals surface area contributed by atoms with Crippen molar-refractivity contribution < 1.29 is 9.76 Å². The van der Waals surface area contributed by atoms with Crippen LogP contribution in [0.4, 0.5) is 5.69 Å². The molecule has 0 aliphatic carbocycles. The lowest BCUT2D eigenvalue weighted by Crippen LogP contribution is -2.27. The summed E-state index contributed by atoms with van der Waals surface area (Å²) in [6.45, 7) is 6.10. The highest BCUT2D eigenvalue weighted by Crippen LogP contribution is 2.29. The summed E-state index contributed by atoms with van der Waals surface area (Å²) in [4.78, 5) is 14.9. The van der Waals surface area contributed by atoms with Crippen molar-refractivity contribution in [3.8, 4) is 0 Å². The Bertz CT molecular complexity index is 402. The monoisotopic (exact) mass is 224 g/mol. The van der Waals surface area contributed by atoms with Crippen LogP contribution in [-0.2, 0) is 10.3 Å². The summed E-state index contributed by atoms with van der Waals surface area (Å²) >= 11 is 0. The van der Waals surface area contributed by atoms with Gasteiger partial charge in [-0.15, -0.1) is 0 Å². The number of nitrogens with two attached hydrogens (primary N) is 1. The Morgan fingerprint density at radius 2 is 2.12 bits per heavy atom. The molecule has 16 heavy (non-hydrogen) atoms. The third-order valence-electron chi connectivity index (χ3n) is 2.61. The van der Waals surface area contributed by atoms with E-state index in [4.69, 9.17) is 5.90 Å². The summed E-state index contributed by atoms with van der Waals surface area (Å²) in [6.07, 6.45) is 0. The smallest absolute Gasteiger partial charge is 0.269 e. The second-order valence-corrected chi connectivity index (χ2v) is 4.45. The Hall–Kier alpha value is -1.46. The van der Waals surface area contributed by atoms with Crippen LogP contribution in [0.25, 0.3) is 0 Å². The number of benzene rings is 1. The van der Waals surface area contributed by atoms with Gasteiger partial charge in [0.1, 0.15) is 0 Å². The zero-order valence-corrected chi connectivity index (χ0v) is 9.69. The number of rotatable bonds is 4. The first-order valence-electron chi connectivity index (χ1n) is 4.95. The summed E-state index contributed by atoms with van der Waals surface area (Å²) in [6, 6.07) is 4.82. The molecule has 1 aromatic carbocycles. The zero-order valence-electron chi connectivity index (χ0n) is 9.69. The molecule has 0 unspecified atom stereocenters. The number of hydrogen-bond donors (Lipinski definition) is 1. The standard InChI is InChI=1S/C11H16N2O3/c1-8-4-5-9(13(14)15)6-10(8)11(2,3)7-16-12/h4-6H,7,12H2,1-3H3. The summed E-state index contributed by atoms with van der Waals surface area (Å²) in [7, 11) is 0. The maximum absolute atomic E-state index is 10.7. The van der Waals surface area contributed by atoms with Crippen molar-refractivity contribution in [3.05, 3.63) is 39.4 Å². The van der Waals surface area contributed by atoms with Crippen molar-refractivity contribution in [1.29, 1.82) is 0 Å². The Balaban J connectivity index is 3.21. The summed E-state index contributed by atoms with van der Waals surface area (Å²) < 4.78 is 0. The molecule has 1 rings (SSSR count).